The molecule has 0 rings (SSSR count). The van der Waals surface area contributed by atoms with Crippen LogP contribution in [-0.4, -0.2) is 54.6 Å². The summed E-state index contributed by atoms with van der Waals surface area (Å²) in [4.78, 5) is 0. The summed E-state index contributed by atoms with van der Waals surface area (Å²) in [6.07, 6.45) is 0. The fraction of sp³-hybridized carbons (Fsp3) is 0. The Labute approximate surface area is 189 Å². The Morgan fingerprint density at radius 3 is 0.235 bits per heavy atom. The first-order valence-corrected chi connectivity index (χ1v) is 0. The van der Waals surface area contributed by atoms with Gasteiger partial charge >= 0.3 is 89.3 Å². The number of hydrogen-bond donors (Lipinski definition) is 0. The van der Waals surface area contributed by atoms with E-state index in [2.05, 4.69) is 0 Å². The predicted molar refractivity (Wildman–Crippen MR) is 19.1 cm³/mol. The zero-order valence-electron chi connectivity index (χ0n) is 7.12. The maximum Gasteiger partial charge on any atom is 3.00 e. The van der Waals surface area contributed by atoms with Crippen LogP contribution in [0.1, 0.15) is 0 Å². The molecule has 110 valence electrons. The van der Waals surface area contributed by atoms with Gasteiger partial charge in [-0.3, -0.25) is 0 Å². The van der Waals surface area contributed by atoms with Gasteiger partial charge in [0.1, 0.15) is 0 Å². The number of rotatable bonds is 0. The molecule has 0 saturated carbocycles. The molecule has 0 aromatic rings. The Morgan fingerprint density at radius 2 is 0.235 bits per heavy atom. The molecule has 0 heterocycles. The van der Waals surface area contributed by atoms with Gasteiger partial charge in [0.05, 0.1) is 0 Å². The number of hydrogen-bond acceptors (Lipinski definition) is 0. The fourth-order valence-electron chi connectivity index (χ4n) is 0. The second-order valence-electron chi connectivity index (χ2n) is 0. The first-order valence-electron chi connectivity index (χ1n) is 0. The normalized spacial score (nSPS) is 0. The van der Waals surface area contributed by atoms with Crippen LogP contribution >= 0.6 is 0 Å². The second kappa shape index (κ2) is 477. The Balaban J connectivity index is 0. The molecule has 0 fully saturated rings. The quantitative estimate of drug-likeness (QED) is 0.237. The van der Waals surface area contributed by atoms with E-state index in [0.717, 1.165) is 0 Å². The minimum absolute atomic E-state index is 0. The maximum absolute atomic E-state index is 0. The van der Waals surface area contributed by atoms with E-state index in [1.165, 1.54) is 0 Å². The molecule has 0 atom stereocenters. The van der Waals surface area contributed by atoms with Gasteiger partial charge in [-0.2, -0.15) is 0 Å². The third-order valence-corrected chi connectivity index (χ3v) is 0. The molecular weight excluding hydrogens is 886 g/mol. The standard InChI is InChI=1S/2Cr.2Mo.11O.2Pb/q2*+3;;;11*-2;2*+2. The Hall–Kier alpha value is 3.85. The molecule has 0 aliphatic carbocycles. The summed E-state index contributed by atoms with van der Waals surface area (Å²) in [6.45, 7) is 0. The van der Waals surface area contributed by atoms with Crippen LogP contribution < -0.4 is 0 Å². The second-order valence-corrected chi connectivity index (χ2v) is 0. The van der Waals surface area contributed by atoms with Gasteiger partial charge in [-0.1, -0.05) is 0 Å². The molecule has 0 aromatic carbocycles. The summed E-state index contributed by atoms with van der Waals surface area (Å²) in [7, 11) is 0. The summed E-state index contributed by atoms with van der Waals surface area (Å²) < 4.78 is 0. The average Bonchev–Trinajstić information content (AvgIpc) is 0. The van der Waals surface area contributed by atoms with Gasteiger partial charge in [0.15, 0.2) is 0 Å². The molecule has 17 heavy (non-hydrogen) atoms. The summed E-state index contributed by atoms with van der Waals surface area (Å²) in [5, 5.41) is 0. The molecule has 0 amide bonds. The first-order chi connectivity index (χ1) is 0. The molecule has 0 saturated heterocycles. The van der Waals surface area contributed by atoms with Crippen molar-refractivity contribution < 1.29 is 137 Å². The molecule has 11 nitrogen and oxygen atoms in total. The van der Waals surface area contributed by atoms with Gasteiger partial charge in [-0.05, 0) is 0 Å². The van der Waals surface area contributed by atoms with Crippen LogP contribution in [0.15, 0.2) is 0 Å². The van der Waals surface area contributed by atoms with Crippen molar-refractivity contribution in [3.8, 4) is 0 Å². The van der Waals surface area contributed by atoms with Crippen molar-refractivity contribution in [1.29, 1.82) is 0 Å². The van der Waals surface area contributed by atoms with E-state index >= 15 is 0 Å². The third-order valence-electron chi connectivity index (χ3n) is 0. The average molecular weight is 886 g/mol. The Morgan fingerprint density at radius 1 is 0.235 bits per heavy atom. The van der Waals surface area contributed by atoms with Gasteiger partial charge in [0, 0.05) is 42.1 Å². The Kier molecular flexibility index (Phi) is 15600. The first kappa shape index (κ1) is 555. The fourth-order valence-corrected chi connectivity index (χ4v) is 0. The van der Waals surface area contributed by atoms with Crippen molar-refractivity contribution in [2.24, 2.45) is 0 Å². The molecule has 0 unspecified atom stereocenters. The van der Waals surface area contributed by atoms with E-state index < -0.39 is 0 Å². The van der Waals surface area contributed by atoms with Gasteiger partial charge < -0.3 is 60.2 Å². The summed E-state index contributed by atoms with van der Waals surface area (Å²) in [5.41, 5.74) is 0. The van der Waals surface area contributed by atoms with Gasteiger partial charge in [0.2, 0.25) is 0 Å². The summed E-state index contributed by atoms with van der Waals surface area (Å²) in [6, 6.07) is 0. The van der Waals surface area contributed by atoms with E-state index in [-0.39, 0.29) is 192 Å². The summed E-state index contributed by atoms with van der Waals surface area (Å²) >= 11 is 0. The monoisotopic (exact) mass is 892 g/mol. The van der Waals surface area contributed by atoms with E-state index in [1.54, 1.807) is 0 Å². The third kappa shape index (κ3) is 427. The zero-order valence-corrected chi connectivity index (χ0v) is 21.5. The van der Waals surface area contributed by atoms with Crippen LogP contribution in [0, 0.1) is 0 Å². The largest absolute Gasteiger partial charge is 3.00 e. The summed E-state index contributed by atoms with van der Waals surface area (Å²) in [5.74, 6) is 0. The van der Waals surface area contributed by atoms with Gasteiger partial charge in [-0.15, -0.1) is 0 Å². The predicted octanol–water partition coefficient (Wildman–Crippen LogP) is -2.08. The van der Waals surface area contributed by atoms with Crippen LogP contribution in [0.3, 0.4) is 0 Å². The molecule has 0 N–H and O–H groups in total. The minimum Gasteiger partial charge on any atom is -2.00 e. The van der Waals surface area contributed by atoms with Crippen molar-refractivity contribution in [3.05, 3.63) is 0 Å². The Bertz CT molecular complexity index is 25.4. The van der Waals surface area contributed by atoms with Crippen molar-refractivity contribution >= 4 is 54.6 Å². The minimum atomic E-state index is 0. The van der Waals surface area contributed by atoms with Crippen LogP contribution in [-0.2, 0) is 137 Å². The molecular formula is Cr2Mo2O11Pb2-12. The van der Waals surface area contributed by atoms with E-state index in [0.29, 0.717) is 0 Å². The van der Waals surface area contributed by atoms with Crippen LogP contribution in [0.2, 0.25) is 0 Å². The molecule has 0 spiro atoms. The van der Waals surface area contributed by atoms with Gasteiger partial charge in [0.25, 0.3) is 0 Å². The SMILES string of the molecule is [Cr+3].[Cr+3].[Mo].[Mo].[O-2].[O-2].[O-2].[O-2].[O-2].[O-2].[O-2].[O-2].[O-2].[O-2].[O-2].[Pb+2].[Pb+2]. The van der Waals surface area contributed by atoms with E-state index in [4.69, 9.17) is 0 Å². The molecule has 6 radical (unpaired) electrons. The molecule has 0 aliphatic heterocycles. The zero-order chi connectivity index (χ0) is 0. The van der Waals surface area contributed by atoms with Gasteiger partial charge in [-0.25, -0.2) is 0 Å². The maximum atomic E-state index is 0. The topological polar surface area (TPSA) is 314 Å². The molecule has 0 bridgehead atoms. The van der Waals surface area contributed by atoms with Crippen LogP contribution in [0.4, 0.5) is 0 Å². The van der Waals surface area contributed by atoms with Crippen molar-refractivity contribution in [2.45, 2.75) is 0 Å². The van der Waals surface area contributed by atoms with Crippen molar-refractivity contribution in [2.75, 3.05) is 0 Å². The smallest absolute Gasteiger partial charge is 2.00 e. The molecule has 0 aromatic heterocycles. The van der Waals surface area contributed by atoms with Crippen molar-refractivity contribution in [3.63, 3.8) is 0 Å². The van der Waals surface area contributed by atoms with Crippen molar-refractivity contribution in [1.82, 2.24) is 0 Å². The van der Waals surface area contributed by atoms with Crippen LogP contribution in [0.25, 0.3) is 0 Å². The molecule has 17 heteroatoms. The van der Waals surface area contributed by atoms with E-state index in [9.17, 15) is 0 Å². The van der Waals surface area contributed by atoms with E-state index in [1.807, 2.05) is 0 Å². The van der Waals surface area contributed by atoms with Crippen LogP contribution in [0.5, 0.6) is 0 Å². The molecule has 0 aliphatic rings.